The molecule has 1 aliphatic rings. The molecule has 5 heteroatoms. The summed E-state index contributed by atoms with van der Waals surface area (Å²) < 4.78 is 0. The lowest BCUT2D eigenvalue weighted by Crippen LogP contribution is -2.38. The van der Waals surface area contributed by atoms with Crippen molar-refractivity contribution in [2.75, 3.05) is 4.90 Å². The van der Waals surface area contributed by atoms with Gasteiger partial charge in [-0.05, 0) is 24.6 Å². The molecule has 0 aliphatic carbocycles. The largest absolute Gasteiger partial charge is 0.508 e. The van der Waals surface area contributed by atoms with Gasteiger partial charge in [-0.1, -0.05) is 32.0 Å². The third-order valence-corrected chi connectivity index (χ3v) is 5.03. The van der Waals surface area contributed by atoms with Crippen LogP contribution in [0.4, 0.5) is 11.4 Å². The number of aromatic hydroxyl groups is 1. The average molecular weight is 312 g/mol. The highest BCUT2D eigenvalue weighted by molar-refractivity contribution is 5.64. The van der Waals surface area contributed by atoms with Crippen LogP contribution in [0.5, 0.6) is 5.75 Å². The lowest BCUT2D eigenvalue weighted by Gasteiger charge is -2.31. The lowest BCUT2D eigenvalue weighted by molar-refractivity contribution is -0.384. The monoisotopic (exact) mass is 312 g/mol. The van der Waals surface area contributed by atoms with Gasteiger partial charge >= 0.3 is 0 Å². The van der Waals surface area contributed by atoms with Crippen molar-refractivity contribution < 1.29 is 10.0 Å². The Morgan fingerprint density at radius 1 is 1.26 bits per heavy atom. The number of phenolic OH excluding ortho intramolecular Hbond substituents is 1. The third kappa shape index (κ3) is 2.42. The van der Waals surface area contributed by atoms with Crippen LogP contribution in [-0.2, 0) is 12.0 Å². The summed E-state index contributed by atoms with van der Waals surface area (Å²) in [6.45, 7) is 6.98. The molecule has 3 rings (SSSR count). The number of anilines is 1. The van der Waals surface area contributed by atoms with Crippen LogP contribution in [0.1, 0.15) is 31.9 Å². The quantitative estimate of drug-likeness (QED) is 0.687. The molecule has 120 valence electrons. The van der Waals surface area contributed by atoms with Crippen LogP contribution in [0, 0.1) is 10.1 Å². The van der Waals surface area contributed by atoms with Crippen molar-refractivity contribution in [1.29, 1.82) is 0 Å². The molecule has 5 nitrogen and oxygen atoms in total. The predicted octanol–water partition coefficient (Wildman–Crippen LogP) is 3.99. The van der Waals surface area contributed by atoms with E-state index in [0.29, 0.717) is 12.1 Å². The molecule has 1 heterocycles. The van der Waals surface area contributed by atoms with Crippen molar-refractivity contribution in [3.05, 3.63) is 63.7 Å². The molecule has 2 aromatic carbocycles. The Hall–Kier alpha value is -2.56. The normalized spacial score (nSPS) is 18.7. The molecule has 1 atom stereocenters. The Labute approximate surface area is 135 Å². The molecule has 1 N–H and O–H groups in total. The fourth-order valence-corrected chi connectivity index (χ4v) is 3.31. The number of hydrogen-bond donors (Lipinski definition) is 1. The minimum Gasteiger partial charge on any atom is -0.508 e. The number of phenols is 1. The summed E-state index contributed by atoms with van der Waals surface area (Å²) >= 11 is 0. The molecule has 0 fully saturated rings. The molecule has 0 radical (unpaired) electrons. The molecular formula is C18H20N2O3. The van der Waals surface area contributed by atoms with E-state index >= 15 is 0 Å². The number of hydrogen-bond acceptors (Lipinski definition) is 4. The van der Waals surface area contributed by atoms with E-state index in [4.69, 9.17) is 0 Å². The summed E-state index contributed by atoms with van der Waals surface area (Å²) in [7, 11) is 0. The molecule has 0 bridgehead atoms. The van der Waals surface area contributed by atoms with Crippen molar-refractivity contribution in [2.24, 2.45) is 0 Å². The summed E-state index contributed by atoms with van der Waals surface area (Å²) in [6.07, 6.45) is 0. The number of rotatable bonds is 3. The van der Waals surface area contributed by atoms with Gasteiger partial charge in [-0.25, -0.2) is 0 Å². The first-order chi connectivity index (χ1) is 10.8. The number of para-hydroxylation sites is 1. The van der Waals surface area contributed by atoms with Crippen LogP contribution < -0.4 is 4.90 Å². The van der Waals surface area contributed by atoms with Gasteiger partial charge in [0.1, 0.15) is 5.75 Å². The van der Waals surface area contributed by atoms with Gasteiger partial charge in [-0.2, -0.15) is 0 Å². The maximum Gasteiger partial charge on any atom is 0.270 e. The molecule has 0 saturated heterocycles. The van der Waals surface area contributed by atoms with Crippen molar-refractivity contribution >= 4 is 11.4 Å². The third-order valence-electron chi connectivity index (χ3n) is 5.03. The second-order valence-corrected chi connectivity index (χ2v) is 6.61. The van der Waals surface area contributed by atoms with Gasteiger partial charge in [-0.3, -0.25) is 10.1 Å². The highest BCUT2D eigenvalue weighted by Crippen LogP contribution is 2.45. The molecule has 1 aliphatic heterocycles. The fourth-order valence-electron chi connectivity index (χ4n) is 3.31. The van der Waals surface area contributed by atoms with Crippen LogP contribution in [0.15, 0.2) is 42.5 Å². The van der Waals surface area contributed by atoms with E-state index < -0.39 is 4.92 Å². The first-order valence-electron chi connectivity index (χ1n) is 7.65. The smallest absolute Gasteiger partial charge is 0.270 e. The second kappa shape index (κ2) is 5.26. The minimum absolute atomic E-state index is 0.00260. The van der Waals surface area contributed by atoms with Crippen LogP contribution in [-0.4, -0.2) is 16.1 Å². The summed E-state index contributed by atoms with van der Waals surface area (Å²) in [6, 6.07) is 12.6. The molecule has 23 heavy (non-hydrogen) atoms. The van der Waals surface area contributed by atoms with E-state index in [0.717, 1.165) is 5.69 Å². The summed E-state index contributed by atoms with van der Waals surface area (Å²) in [5, 5.41) is 21.1. The molecular weight excluding hydrogens is 292 g/mol. The molecule has 0 spiro atoms. The molecule has 0 saturated carbocycles. The number of nitrogens with zero attached hydrogens (tertiary/aromatic N) is 2. The zero-order valence-corrected chi connectivity index (χ0v) is 13.5. The number of nitro groups is 1. The highest BCUT2D eigenvalue weighted by atomic mass is 16.6. The van der Waals surface area contributed by atoms with E-state index in [9.17, 15) is 15.2 Å². The fraction of sp³-hybridized carbons (Fsp3) is 0.333. The van der Waals surface area contributed by atoms with Gasteiger partial charge in [0.2, 0.25) is 0 Å². The maximum absolute atomic E-state index is 11.0. The minimum atomic E-state index is -0.436. The van der Waals surface area contributed by atoms with Crippen LogP contribution in [0.25, 0.3) is 0 Å². The van der Waals surface area contributed by atoms with E-state index in [2.05, 4.69) is 37.8 Å². The van der Waals surface area contributed by atoms with Crippen LogP contribution >= 0.6 is 0 Å². The van der Waals surface area contributed by atoms with E-state index in [-0.39, 0.29) is 22.9 Å². The number of non-ortho nitro benzene ring substituents is 1. The lowest BCUT2D eigenvalue weighted by atomic mass is 9.81. The van der Waals surface area contributed by atoms with Gasteiger partial charge in [0.05, 0.1) is 4.92 Å². The average Bonchev–Trinajstić information content (AvgIpc) is 2.70. The van der Waals surface area contributed by atoms with Gasteiger partial charge in [0, 0.05) is 41.4 Å². The zero-order valence-electron chi connectivity index (χ0n) is 13.5. The predicted molar refractivity (Wildman–Crippen MR) is 89.9 cm³/mol. The van der Waals surface area contributed by atoms with E-state index in [1.165, 1.54) is 23.8 Å². The molecule has 0 aromatic heterocycles. The first-order valence-corrected chi connectivity index (χ1v) is 7.65. The maximum atomic E-state index is 11.0. The van der Waals surface area contributed by atoms with Crippen molar-refractivity contribution in [3.8, 4) is 5.75 Å². The van der Waals surface area contributed by atoms with E-state index in [1.807, 2.05) is 12.1 Å². The number of nitro benzene ring substituents is 1. The zero-order chi connectivity index (χ0) is 16.8. The van der Waals surface area contributed by atoms with Crippen LogP contribution in [0.2, 0.25) is 0 Å². The first kappa shape index (κ1) is 15.3. The Balaban J connectivity index is 2.01. The molecule has 2 aromatic rings. The Morgan fingerprint density at radius 3 is 2.65 bits per heavy atom. The van der Waals surface area contributed by atoms with Gasteiger partial charge in [0.25, 0.3) is 5.69 Å². The Morgan fingerprint density at radius 2 is 1.96 bits per heavy atom. The second-order valence-electron chi connectivity index (χ2n) is 6.61. The highest BCUT2D eigenvalue weighted by Gasteiger charge is 2.41. The molecule has 0 amide bonds. The summed E-state index contributed by atoms with van der Waals surface area (Å²) in [5.41, 5.74) is 2.93. The van der Waals surface area contributed by atoms with Gasteiger partial charge in [-0.15, -0.1) is 0 Å². The SMILES string of the molecule is CC1N(Cc2cc([N+](=O)[O-])ccc2O)c2ccccc2C1(C)C. The van der Waals surface area contributed by atoms with Gasteiger partial charge < -0.3 is 10.0 Å². The Kier molecular flexibility index (Phi) is 3.51. The topological polar surface area (TPSA) is 66.6 Å². The molecule has 1 unspecified atom stereocenters. The van der Waals surface area contributed by atoms with Crippen molar-refractivity contribution in [3.63, 3.8) is 0 Å². The van der Waals surface area contributed by atoms with Crippen molar-refractivity contribution in [2.45, 2.75) is 38.8 Å². The van der Waals surface area contributed by atoms with Gasteiger partial charge in [0.15, 0.2) is 0 Å². The summed E-state index contributed by atoms with van der Waals surface area (Å²) in [5.74, 6) is 0.0880. The van der Waals surface area contributed by atoms with E-state index in [1.54, 1.807) is 0 Å². The van der Waals surface area contributed by atoms with Crippen molar-refractivity contribution in [1.82, 2.24) is 0 Å². The summed E-state index contributed by atoms with van der Waals surface area (Å²) in [4.78, 5) is 12.7. The van der Waals surface area contributed by atoms with Crippen LogP contribution in [0.3, 0.4) is 0 Å². The number of fused-ring (bicyclic) bond motifs is 1. The standard InChI is InChI=1S/C18H20N2O3/c1-12-18(2,3)15-6-4-5-7-16(15)19(12)11-13-10-14(20(22)23)8-9-17(13)21/h4-10,12,21H,11H2,1-3H3. The Bertz CT molecular complexity index is 771. The number of benzene rings is 2.